The number of benzene rings is 9. The summed E-state index contributed by atoms with van der Waals surface area (Å²) in [7, 11) is -2.39. The molecule has 0 heterocycles. The molecule has 1 radical (unpaired) electrons. The van der Waals surface area contributed by atoms with Gasteiger partial charge in [0.05, 0.1) is 0 Å². The van der Waals surface area contributed by atoms with Crippen LogP contribution >= 0.6 is 31.7 Å². The predicted molar refractivity (Wildman–Crippen MR) is 287 cm³/mol. The fourth-order valence-corrected chi connectivity index (χ4v) is 27.8. The van der Waals surface area contributed by atoms with Gasteiger partial charge in [-0.25, -0.2) is 0 Å². The van der Waals surface area contributed by atoms with E-state index >= 15 is 0 Å². The molecular formula is C58H51GeP4. The molecule has 63 heavy (non-hydrogen) atoms. The number of hydrogen-bond donors (Lipinski definition) is 0. The van der Waals surface area contributed by atoms with Crippen LogP contribution < -0.4 is 55.6 Å². The summed E-state index contributed by atoms with van der Waals surface area (Å²) in [5, 5.41) is 11.9. The summed E-state index contributed by atoms with van der Waals surface area (Å²) < 4.78 is 4.69. The third-order valence-corrected chi connectivity index (χ3v) is 29.2. The Morgan fingerprint density at radius 3 is 0.746 bits per heavy atom. The Morgan fingerprint density at radius 2 is 0.444 bits per heavy atom. The van der Waals surface area contributed by atoms with Crippen LogP contribution in [0.3, 0.4) is 0 Å². The van der Waals surface area contributed by atoms with Gasteiger partial charge in [0.25, 0.3) is 0 Å². The summed E-state index contributed by atoms with van der Waals surface area (Å²) in [5.41, 5.74) is 0. The summed E-state index contributed by atoms with van der Waals surface area (Å²) in [6, 6.07) is 99.0. The summed E-state index contributed by atoms with van der Waals surface area (Å²) in [6.07, 6.45) is 4.54. The fourth-order valence-electron chi connectivity index (χ4n) is 8.54. The fraction of sp³-hybridized carbons (Fsp3) is 0.0690. The quantitative estimate of drug-likeness (QED) is 0.0632. The average molecular weight is 945 g/mol. The summed E-state index contributed by atoms with van der Waals surface area (Å²) >= 11 is -2.46. The maximum atomic E-state index is 2.53. The minimum atomic E-state index is -2.46. The van der Waals surface area contributed by atoms with Crippen molar-refractivity contribution in [1.82, 2.24) is 0 Å². The summed E-state index contributed by atoms with van der Waals surface area (Å²) in [5.74, 6) is 0. The Kier molecular flexibility index (Phi) is 15.3. The zero-order valence-corrected chi connectivity index (χ0v) is 41.1. The van der Waals surface area contributed by atoms with Crippen molar-refractivity contribution in [3.8, 4) is 0 Å². The molecular weight excluding hydrogens is 893 g/mol. The van der Waals surface area contributed by atoms with Crippen LogP contribution in [0.2, 0.25) is 0 Å². The molecule has 0 N–H and O–H groups in total. The van der Waals surface area contributed by atoms with Crippen molar-refractivity contribution in [1.29, 1.82) is 0 Å². The van der Waals surface area contributed by atoms with E-state index in [1.54, 1.807) is 19.4 Å². The van der Waals surface area contributed by atoms with Gasteiger partial charge in [-0.2, -0.15) is 0 Å². The summed E-state index contributed by atoms with van der Waals surface area (Å²) in [6.45, 7) is 0. The van der Waals surface area contributed by atoms with Crippen molar-refractivity contribution in [2.45, 2.75) is 0 Å². The second-order valence-electron chi connectivity index (χ2n) is 15.4. The van der Waals surface area contributed by atoms with Crippen LogP contribution in [-0.4, -0.2) is 39.0 Å². The van der Waals surface area contributed by atoms with Crippen molar-refractivity contribution < 1.29 is 0 Å². The average Bonchev–Trinajstić information content (AvgIpc) is 3.37. The second kappa shape index (κ2) is 22.2. The van der Waals surface area contributed by atoms with E-state index in [0.29, 0.717) is 0 Å². The molecule has 307 valence electrons. The van der Waals surface area contributed by atoms with Crippen LogP contribution in [0.15, 0.2) is 261 Å². The molecule has 5 heteroatoms. The van der Waals surface area contributed by atoms with Gasteiger partial charge in [0, 0.05) is 0 Å². The zero-order chi connectivity index (χ0) is 42.5. The molecule has 0 fully saturated rings. The zero-order valence-electron chi connectivity index (χ0n) is 35.4. The van der Waals surface area contributed by atoms with Crippen molar-refractivity contribution in [3.63, 3.8) is 0 Å². The third-order valence-electron chi connectivity index (χ3n) is 11.5. The normalized spacial score (nSPS) is 12.4. The molecule has 9 aromatic rings. The Balaban J connectivity index is 1.15. The Hall–Kier alpha value is -4.76. The van der Waals surface area contributed by atoms with E-state index in [1.807, 2.05) is 0 Å². The summed E-state index contributed by atoms with van der Waals surface area (Å²) in [4.78, 5) is 0. The second-order valence-corrected chi connectivity index (χ2v) is 29.7. The molecule has 0 aliphatic carbocycles. The molecule has 9 rings (SSSR count). The monoisotopic (exact) mass is 945 g/mol. The van der Waals surface area contributed by atoms with Gasteiger partial charge in [-0.1, -0.05) is 0 Å². The SMILES string of the molecule is c1ccc(P(CCP(c2ccccc2)c2cccc[c]2[Ge]([c]2ccccc2)[c]2ccccc2P(CCP(c2ccccc2)c2ccccc2)c2ccccc2)c2ccccc2)cc1. The molecule has 0 nitrogen and oxygen atoms in total. The van der Waals surface area contributed by atoms with Gasteiger partial charge in [0.2, 0.25) is 0 Å². The van der Waals surface area contributed by atoms with Crippen LogP contribution in [-0.2, 0) is 0 Å². The van der Waals surface area contributed by atoms with Crippen molar-refractivity contribution in [2.75, 3.05) is 24.6 Å². The van der Waals surface area contributed by atoms with Gasteiger partial charge in [-0.05, 0) is 0 Å². The Morgan fingerprint density at radius 1 is 0.222 bits per heavy atom. The van der Waals surface area contributed by atoms with Crippen LogP contribution in [0.1, 0.15) is 0 Å². The molecule has 0 saturated heterocycles. The molecule has 0 aliphatic heterocycles. The standard InChI is InChI=1S/C58H51GeP4/c1-8-26-48(27-9-1)59(55-40-22-24-42-57(55)62(53-36-18-6-19-37-53)46-44-60(49-28-10-2-11-29-49)50-30-12-3-13-31-50)56-41-23-25-43-58(56)63(54-38-20-7-21-39-54)47-45-61(51-32-14-4-15-33-51)52-34-16-5-17-35-52/h1-43H,44-47H2. The van der Waals surface area contributed by atoms with E-state index in [0.717, 1.165) is 24.6 Å². The van der Waals surface area contributed by atoms with Crippen molar-refractivity contribution in [2.24, 2.45) is 0 Å². The predicted octanol–water partition coefficient (Wildman–Crippen LogP) is 9.33. The maximum absolute atomic E-state index is 2.53. The van der Waals surface area contributed by atoms with E-state index in [-0.39, 0.29) is 0 Å². The Labute approximate surface area is 384 Å². The van der Waals surface area contributed by atoms with E-state index in [9.17, 15) is 0 Å². The Bertz CT molecular complexity index is 2490. The first kappa shape index (κ1) is 43.5. The third kappa shape index (κ3) is 10.8. The van der Waals surface area contributed by atoms with Crippen LogP contribution in [0.5, 0.6) is 0 Å². The molecule has 0 spiro atoms. The number of hydrogen-bond acceptors (Lipinski definition) is 0. The molecule has 0 saturated carbocycles. The van der Waals surface area contributed by atoms with Gasteiger partial charge < -0.3 is 0 Å². The van der Waals surface area contributed by atoms with Crippen LogP contribution in [0, 0.1) is 0 Å². The molecule has 0 aromatic heterocycles. The van der Waals surface area contributed by atoms with Gasteiger partial charge in [-0.15, -0.1) is 0 Å². The first-order chi connectivity index (χ1) is 31.3. The van der Waals surface area contributed by atoms with E-state index in [2.05, 4.69) is 261 Å². The van der Waals surface area contributed by atoms with Gasteiger partial charge in [-0.3, -0.25) is 0 Å². The van der Waals surface area contributed by atoms with E-state index < -0.39 is 46.0 Å². The van der Waals surface area contributed by atoms with Gasteiger partial charge in [0.15, 0.2) is 0 Å². The topological polar surface area (TPSA) is 0 Å². The molecule has 0 aliphatic rings. The molecule has 0 amide bonds. The van der Waals surface area contributed by atoms with E-state index in [1.165, 1.54) is 36.2 Å². The first-order valence-corrected chi connectivity index (χ1v) is 31.1. The minimum absolute atomic E-state index is 0.526. The molecule has 2 atom stereocenters. The van der Waals surface area contributed by atoms with Crippen molar-refractivity contribution >= 4 is 102 Å². The molecule has 2 unspecified atom stereocenters. The van der Waals surface area contributed by atoms with E-state index in [4.69, 9.17) is 0 Å². The van der Waals surface area contributed by atoms with Crippen LogP contribution in [0.25, 0.3) is 0 Å². The van der Waals surface area contributed by atoms with Crippen molar-refractivity contribution in [3.05, 3.63) is 261 Å². The van der Waals surface area contributed by atoms with Gasteiger partial charge >= 0.3 is 387 Å². The molecule has 0 bridgehead atoms. The first-order valence-electron chi connectivity index (χ1n) is 21.8. The van der Waals surface area contributed by atoms with Crippen LogP contribution in [0.4, 0.5) is 0 Å². The molecule has 9 aromatic carbocycles. The van der Waals surface area contributed by atoms with Gasteiger partial charge in [0.1, 0.15) is 0 Å². The number of rotatable bonds is 17.